The summed E-state index contributed by atoms with van der Waals surface area (Å²) in [6, 6.07) is 6.28. The second-order valence-electron chi connectivity index (χ2n) is 5.48. The van der Waals surface area contributed by atoms with E-state index in [1.807, 2.05) is 13.8 Å². The van der Waals surface area contributed by atoms with Gasteiger partial charge in [-0.25, -0.2) is 17.1 Å². The number of hydrogen-bond donors (Lipinski definition) is 1. The molecule has 0 aliphatic carbocycles. The third-order valence-corrected chi connectivity index (χ3v) is 4.40. The zero-order valence-electron chi connectivity index (χ0n) is 13.2. The first-order valence-electron chi connectivity index (χ1n) is 7.18. The quantitative estimate of drug-likeness (QED) is 0.786. The van der Waals surface area contributed by atoms with Crippen molar-refractivity contribution in [1.29, 1.82) is 0 Å². The largest absolute Gasteiger partial charge is 0.354 e. The maximum atomic E-state index is 13.6. The molecule has 1 aromatic rings. The molecular weight excluding hydrogens is 307 g/mol. The number of hydrogen-bond acceptors (Lipinski definition) is 3. The Morgan fingerprint density at radius 1 is 1.27 bits per heavy atom. The van der Waals surface area contributed by atoms with Gasteiger partial charge in [-0.2, -0.15) is 0 Å². The summed E-state index contributed by atoms with van der Waals surface area (Å²) < 4.78 is 38.3. The van der Waals surface area contributed by atoms with Crippen LogP contribution in [0.1, 0.15) is 25.8 Å². The summed E-state index contributed by atoms with van der Waals surface area (Å²) in [5.74, 6) is -0.553. The molecule has 0 aliphatic heterocycles. The number of benzene rings is 1. The summed E-state index contributed by atoms with van der Waals surface area (Å²) in [5.41, 5.74) is 0.461. The van der Waals surface area contributed by atoms with Crippen LogP contribution < -0.4 is 5.32 Å². The lowest BCUT2D eigenvalue weighted by atomic mass is 10.1. The van der Waals surface area contributed by atoms with Gasteiger partial charge in [-0.3, -0.25) is 4.79 Å². The second-order valence-corrected chi connectivity index (χ2v) is 7.46. The Labute approximate surface area is 131 Å². The van der Waals surface area contributed by atoms with Gasteiger partial charge in [-0.15, -0.1) is 0 Å². The van der Waals surface area contributed by atoms with Crippen molar-refractivity contribution in [3.8, 4) is 0 Å². The van der Waals surface area contributed by atoms with Gasteiger partial charge in [-0.05, 0) is 31.9 Å². The Hall–Kier alpha value is -1.47. The van der Waals surface area contributed by atoms with Crippen LogP contribution in [0.4, 0.5) is 4.39 Å². The van der Waals surface area contributed by atoms with E-state index in [9.17, 15) is 17.6 Å². The molecule has 1 amide bonds. The molecular formula is C15H23FN2O3S. The molecule has 0 saturated heterocycles. The van der Waals surface area contributed by atoms with Gasteiger partial charge in [0.2, 0.25) is 15.9 Å². The predicted molar refractivity (Wildman–Crippen MR) is 84.4 cm³/mol. The van der Waals surface area contributed by atoms with Gasteiger partial charge in [0.05, 0.1) is 6.26 Å². The topological polar surface area (TPSA) is 66.5 Å². The number of sulfonamides is 1. The van der Waals surface area contributed by atoms with E-state index >= 15 is 0 Å². The molecule has 0 radical (unpaired) electrons. The molecule has 124 valence electrons. The maximum Gasteiger partial charge on any atom is 0.221 e. The first-order chi connectivity index (χ1) is 10.2. The highest BCUT2D eigenvalue weighted by Gasteiger charge is 2.18. The van der Waals surface area contributed by atoms with Crippen molar-refractivity contribution in [2.24, 2.45) is 0 Å². The molecule has 22 heavy (non-hydrogen) atoms. The fourth-order valence-electron chi connectivity index (χ4n) is 2.01. The van der Waals surface area contributed by atoms with Crippen molar-refractivity contribution in [1.82, 2.24) is 9.62 Å². The number of carbonyl (C=O) groups is 1. The Morgan fingerprint density at radius 3 is 2.45 bits per heavy atom. The van der Waals surface area contributed by atoms with E-state index < -0.39 is 10.0 Å². The molecule has 1 aromatic carbocycles. The number of halogens is 1. The van der Waals surface area contributed by atoms with Gasteiger partial charge in [-0.1, -0.05) is 18.2 Å². The molecule has 0 spiro atoms. The van der Waals surface area contributed by atoms with Crippen LogP contribution in [-0.4, -0.2) is 44.0 Å². The van der Waals surface area contributed by atoms with Crippen molar-refractivity contribution in [2.45, 2.75) is 32.7 Å². The van der Waals surface area contributed by atoms with Gasteiger partial charge in [0.25, 0.3) is 0 Å². The van der Waals surface area contributed by atoms with E-state index in [1.165, 1.54) is 10.4 Å². The zero-order chi connectivity index (χ0) is 16.8. The van der Waals surface area contributed by atoms with E-state index in [1.54, 1.807) is 18.2 Å². The van der Waals surface area contributed by atoms with Crippen molar-refractivity contribution in [2.75, 3.05) is 19.3 Å². The minimum Gasteiger partial charge on any atom is -0.354 e. The van der Waals surface area contributed by atoms with Crippen LogP contribution in [0, 0.1) is 5.82 Å². The molecule has 1 N–H and O–H groups in total. The summed E-state index contributed by atoms with van der Waals surface area (Å²) in [5, 5.41) is 2.71. The molecule has 0 atom stereocenters. The molecule has 5 nitrogen and oxygen atoms in total. The lowest BCUT2D eigenvalue weighted by Gasteiger charge is -2.20. The minimum atomic E-state index is -3.44. The Bertz CT molecular complexity index is 603. The van der Waals surface area contributed by atoms with Gasteiger partial charge in [0, 0.05) is 25.6 Å². The third kappa shape index (κ3) is 6.53. The van der Waals surface area contributed by atoms with Crippen LogP contribution in [-0.2, 0) is 21.2 Å². The highest BCUT2D eigenvalue weighted by molar-refractivity contribution is 7.88. The number of amides is 1. The molecule has 0 saturated carbocycles. The zero-order valence-corrected chi connectivity index (χ0v) is 14.0. The van der Waals surface area contributed by atoms with Crippen LogP contribution in [0.3, 0.4) is 0 Å². The highest BCUT2D eigenvalue weighted by atomic mass is 32.2. The summed E-state index contributed by atoms with van der Waals surface area (Å²) in [6.45, 7) is 3.91. The second kappa shape index (κ2) is 8.24. The van der Waals surface area contributed by atoms with E-state index in [2.05, 4.69) is 5.32 Å². The van der Waals surface area contributed by atoms with E-state index in [0.717, 1.165) is 6.26 Å². The monoisotopic (exact) mass is 330 g/mol. The molecule has 0 heterocycles. The number of nitrogens with one attached hydrogen (secondary N) is 1. The molecule has 1 rings (SSSR count). The highest BCUT2D eigenvalue weighted by Crippen LogP contribution is 2.09. The van der Waals surface area contributed by atoms with E-state index in [-0.39, 0.29) is 43.7 Å². The molecule has 0 aliphatic rings. The Morgan fingerprint density at radius 2 is 1.91 bits per heavy atom. The van der Waals surface area contributed by atoms with Crippen LogP contribution in [0.15, 0.2) is 24.3 Å². The third-order valence-electron chi connectivity index (χ3n) is 3.10. The molecule has 0 bridgehead atoms. The Kier molecular flexibility index (Phi) is 6.96. The average Bonchev–Trinajstić information content (AvgIpc) is 2.38. The average molecular weight is 330 g/mol. The number of rotatable bonds is 8. The fraction of sp³-hybridized carbons (Fsp3) is 0.533. The first kappa shape index (κ1) is 18.6. The maximum absolute atomic E-state index is 13.6. The van der Waals surface area contributed by atoms with Crippen LogP contribution >= 0.6 is 0 Å². The SMILES string of the molecule is CC(C)NC(=O)CCN(CCc1ccccc1F)S(C)(=O)=O. The Balaban J connectivity index is 2.63. The van der Waals surface area contributed by atoms with Crippen molar-refractivity contribution < 1.29 is 17.6 Å². The fourth-order valence-corrected chi connectivity index (χ4v) is 2.86. The van der Waals surface area contributed by atoms with Crippen LogP contribution in [0.2, 0.25) is 0 Å². The normalized spacial score (nSPS) is 11.9. The lowest BCUT2D eigenvalue weighted by Crippen LogP contribution is -2.37. The van der Waals surface area contributed by atoms with E-state index in [4.69, 9.17) is 0 Å². The molecule has 0 aromatic heterocycles. The van der Waals surface area contributed by atoms with Gasteiger partial charge >= 0.3 is 0 Å². The minimum absolute atomic E-state index is 0.0117. The number of carbonyl (C=O) groups excluding carboxylic acids is 1. The van der Waals surface area contributed by atoms with Crippen LogP contribution in [0.25, 0.3) is 0 Å². The molecule has 0 unspecified atom stereocenters. The van der Waals surface area contributed by atoms with E-state index in [0.29, 0.717) is 5.56 Å². The van der Waals surface area contributed by atoms with Crippen molar-refractivity contribution in [3.63, 3.8) is 0 Å². The van der Waals surface area contributed by atoms with Crippen molar-refractivity contribution in [3.05, 3.63) is 35.6 Å². The van der Waals surface area contributed by atoms with Gasteiger partial charge < -0.3 is 5.32 Å². The summed E-state index contributed by atoms with van der Waals surface area (Å²) >= 11 is 0. The molecule has 0 fully saturated rings. The standard InChI is InChI=1S/C15H23FN2O3S/c1-12(2)17-15(19)9-11-18(22(3,20)21)10-8-13-6-4-5-7-14(13)16/h4-7,12H,8-11H2,1-3H3,(H,17,19). The van der Waals surface area contributed by atoms with Gasteiger partial charge in [0.1, 0.15) is 5.82 Å². The molecule has 7 heteroatoms. The predicted octanol–water partition coefficient (Wildman–Crippen LogP) is 1.54. The summed E-state index contributed by atoms with van der Waals surface area (Å²) in [4.78, 5) is 11.6. The summed E-state index contributed by atoms with van der Waals surface area (Å²) in [6.07, 6.45) is 1.45. The summed E-state index contributed by atoms with van der Waals surface area (Å²) in [7, 11) is -3.44. The van der Waals surface area contributed by atoms with Gasteiger partial charge in [0.15, 0.2) is 0 Å². The van der Waals surface area contributed by atoms with Crippen molar-refractivity contribution >= 4 is 15.9 Å². The number of nitrogens with zero attached hydrogens (tertiary/aromatic N) is 1. The first-order valence-corrected chi connectivity index (χ1v) is 9.03. The smallest absolute Gasteiger partial charge is 0.221 e. The van der Waals surface area contributed by atoms with Crippen LogP contribution in [0.5, 0.6) is 0 Å². The lowest BCUT2D eigenvalue weighted by molar-refractivity contribution is -0.121.